The van der Waals surface area contributed by atoms with Crippen LogP contribution in [0.15, 0.2) is 70.4 Å². The van der Waals surface area contributed by atoms with Crippen molar-refractivity contribution in [3.05, 3.63) is 81.5 Å². The third-order valence-electron chi connectivity index (χ3n) is 4.16. The van der Waals surface area contributed by atoms with Crippen LogP contribution in [0.5, 0.6) is 0 Å². The first-order valence-corrected chi connectivity index (χ1v) is 7.46. The third-order valence-corrected chi connectivity index (χ3v) is 4.16. The summed E-state index contributed by atoms with van der Waals surface area (Å²) in [5.41, 5.74) is 1.18. The Bertz CT molecular complexity index is 1400. The molecule has 114 valence electrons. The van der Waals surface area contributed by atoms with Gasteiger partial charge in [-0.2, -0.15) is 0 Å². The maximum atomic E-state index is 12.9. The Morgan fingerprint density at radius 3 is 2.08 bits per heavy atom. The van der Waals surface area contributed by atoms with Gasteiger partial charge in [-0.3, -0.25) is 14.0 Å². The number of nitrogens with zero attached hydrogens (tertiary/aromatic N) is 4. The summed E-state index contributed by atoms with van der Waals surface area (Å²) in [6.45, 7) is 0. The summed E-state index contributed by atoms with van der Waals surface area (Å²) < 4.78 is 2.77. The molecular formula is C18H10N4O2. The van der Waals surface area contributed by atoms with Crippen molar-refractivity contribution in [2.75, 3.05) is 0 Å². The van der Waals surface area contributed by atoms with Gasteiger partial charge in [0, 0.05) is 6.20 Å². The van der Waals surface area contributed by atoms with E-state index in [2.05, 4.69) is 9.97 Å². The lowest BCUT2D eigenvalue weighted by molar-refractivity contribution is 0.962. The van der Waals surface area contributed by atoms with Gasteiger partial charge in [0.15, 0.2) is 0 Å². The highest BCUT2D eigenvalue weighted by molar-refractivity contribution is 5.82. The average molecular weight is 314 g/mol. The fourth-order valence-electron chi connectivity index (χ4n) is 3.02. The summed E-state index contributed by atoms with van der Waals surface area (Å²) in [5.74, 6) is 0.263. The molecule has 3 aromatic heterocycles. The molecule has 0 saturated heterocycles. The Morgan fingerprint density at radius 1 is 0.708 bits per heavy atom. The second-order valence-electron chi connectivity index (χ2n) is 5.55. The fraction of sp³-hybridized carbons (Fsp3) is 0. The van der Waals surface area contributed by atoms with E-state index in [1.165, 1.54) is 8.80 Å². The Hall–Kier alpha value is -3.54. The van der Waals surface area contributed by atoms with Crippen molar-refractivity contribution >= 4 is 33.2 Å². The first-order valence-electron chi connectivity index (χ1n) is 7.46. The van der Waals surface area contributed by atoms with Crippen LogP contribution in [0, 0.1) is 0 Å². The summed E-state index contributed by atoms with van der Waals surface area (Å²) >= 11 is 0. The predicted molar refractivity (Wildman–Crippen MR) is 91.5 cm³/mol. The molecule has 24 heavy (non-hydrogen) atoms. The Labute approximate surface area is 134 Å². The first-order chi connectivity index (χ1) is 11.7. The summed E-state index contributed by atoms with van der Waals surface area (Å²) in [5, 5.41) is 1.00. The van der Waals surface area contributed by atoms with Crippen LogP contribution < -0.4 is 11.1 Å². The summed E-state index contributed by atoms with van der Waals surface area (Å²) in [6.07, 6.45) is 1.60. The lowest BCUT2D eigenvalue weighted by Crippen LogP contribution is -2.23. The SMILES string of the molecule is O=c1c2ccccc2nc2n1ccc1nc3ccccc3c(=O)n12. The molecule has 0 bridgehead atoms. The average Bonchev–Trinajstić information content (AvgIpc) is 2.62. The number of benzene rings is 2. The largest absolute Gasteiger partial charge is 0.268 e. The van der Waals surface area contributed by atoms with Crippen molar-refractivity contribution in [3.8, 4) is 0 Å². The highest BCUT2D eigenvalue weighted by Gasteiger charge is 2.12. The maximum absolute atomic E-state index is 12.9. The highest BCUT2D eigenvalue weighted by Crippen LogP contribution is 2.12. The van der Waals surface area contributed by atoms with Crippen molar-refractivity contribution in [1.29, 1.82) is 0 Å². The van der Waals surface area contributed by atoms with Crippen LogP contribution in [0.25, 0.3) is 33.2 Å². The summed E-state index contributed by atoms with van der Waals surface area (Å²) in [4.78, 5) is 34.6. The molecule has 5 rings (SSSR count). The molecule has 0 aliphatic heterocycles. The molecule has 0 fully saturated rings. The number of fused-ring (bicyclic) bond motifs is 5. The van der Waals surface area contributed by atoms with Crippen LogP contribution >= 0.6 is 0 Å². The molecule has 0 aliphatic rings. The van der Waals surface area contributed by atoms with Crippen molar-refractivity contribution < 1.29 is 0 Å². The summed E-state index contributed by atoms with van der Waals surface area (Å²) in [7, 11) is 0. The minimum absolute atomic E-state index is 0.211. The zero-order valence-electron chi connectivity index (χ0n) is 12.4. The Morgan fingerprint density at radius 2 is 1.33 bits per heavy atom. The van der Waals surface area contributed by atoms with Crippen molar-refractivity contribution in [1.82, 2.24) is 18.8 Å². The normalized spacial score (nSPS) is 11.7. The molecular weight excluding hydrogens is 304 g/mol. The number of hydrogen-bond donors (Lipinski definition) is 0. The van der Waals surface area contributed by atoms with Gasteiger partial charge in [0.2, 0.25) is 5.78 Å². The lowest BCUT2D eigenvalue weighted by atomic mass is 10.2. The van der Waals surface area contributed by atoms with Gasteiger partial charge in [0.1, 0.15) is 5.65 Å². The molecule has 0 atom stereocenters. The molecule has 0 unspecified atom stereocenters. The summed E-state index contributed by atoms with van der Waals surface area (Å²) in [6, 6.07) is 15.9. The van der Waals surface area contributed by atoms with Crippen molar-refractivity contribution in [2.24, 2.45) is 0 Å². The van der Waals surface area contributed by atoms with Gasteiger partial charge in [0.05, 0.1) is 21.8 Å². The van der Waals surface area contributed by atoms with Crippen molar-refractivity contribution in [3.63, 3.8) is 0 Å². The maximum Gasteiger partial charge on any atom is 0.268 e. The van der Waals surface area contributed by atoms with E-state index in [4.69, 9.17) is 0 Å². The molecule has 0 spiro atoms. The van der Waals surface area contributed by atoms with Crippen LogP contribution in [0.2, 0.25) is 0 Å². The lowest BCUT2D eigenvalue weighted by Gasteiger charge is -2.08. The zero-order chi connectivity index (χ0) is 16.3. The highest BCUT2D eigenvalue weighted by atomic mass is 16.1. The van der Waals surface area contributed by atoms with E-state index in [1.807, 2.05) is 12.1 Å². The van der Waals surface area contributed by atoms with E-state index in [-0.39, 0.29) is 16.9 Å². The predicted octanol–water partition coefficient (Wildman–Crippen LogP) is 2.01. The number of rotatable bonds is 0. The van der Waals surface area contributed by atoms with Gasteiger partial charge in [-0.1, -0.05) is 24.3 Å². The number of aromatic nitrogens is 4. The van der Waals surface area contributed by atoms with Gasteiger partial charge in [0.25, 0.3) is 11.1 Å². The van der Waals surface area contributed by atoms with Crippen LogP contribution in [-0.4, -0.2) is 18.8 Å². The minimum Gasteiger partial charge on any atom is -0.268 e. The van der Waals surface area contributed by atoms with Crippen LogP contribution in [0.3, 0.4) is 0 Å². The molecule has 0 radical (unpaired) electrons. The Balaban J connectivity index is 2.13. The molecule has 0 N–H and O–H groups in total. The number of para-hydroxylation sites is 2. The number of hydrogen-bond acceptors (Lipinski definition) is 4. The first kappa shape index (κ1) is 13.0. The van der Waals surface area contributed by atoms with Crippen LogP contribution in [0.4, 0.5) is 0 Å². The van der Waals surface area contributed by atoms with E-state index >= 15 is 0 Å². The van der Waals surface area contributed by atoms with E-state index < -0.39 is 0 Å². The molecule has 5 aromatic rings. The second kappa shape index (κ2) is 4.48. The minimum atomic E-state index is -0.240. The van der Waals surface area contributed by atoms with Gasteiger partial charge in [-0.15, -0.1) is 0 Å². The van der Waals surface area contributed by atoms with Crippen molar-refractivity contribution in [2.45, 2.75) is 0 Å². The molecule has 6 nitrogen and oxygen atoms in total. The second-order valence-corrected chi connectivity index (χ2v) is 5.55. The van der Waals surface area contributed by atoms with E-state index in [9.17, 15) is 9.59 Å². The quantitative estimate of drug-likeness (QED) is 0.324. The van der Waals surface area contributed by atoms with Gasteiger partial charge < -0.3 is 0 Å². The van der Waals surface area contributed by atoms with Crippen LogP contribution in [0.1, 0.15) is 0 Å². The smallest absolute Gasteiger partial charge is 0.268 e. The molecule has 0 aliphatic carbocycles. The molecule has 0 saturated carbocycles. The molecule has 2 aromatic carbocycles. The molecule has 3 heterocycles. The zero-order valence-corrected chi connectivity index (χ0v) is 12.4. The van der Waals surface area contributed by atoms with Crippen LogP contribution in [-0.2, 0) is 0 Å². The standard InChI is InChI=1S/C18H10N4O2/c23-16-11-5-1-4-8-14(11)20-18-21(16)10-9-15-19-13-7-3-2-6-12(13)17(24)22(15)18/h1-10H. The van der Waals surface area contributed by atoms with Gasteiger partial charge in [-0.05, 0) is 30.3 Å². The van der Waals surface area contributed by atoms with E-state index in [0.29, 0.717) is 27.5 Å². The van der Waals surface area contributed by atoms with E-state index in [0.717, 1.165) is 0 Å². The monoisotopic (exact) mass is 314 g/mol. The fourth-order valence-corrected chi connectivity index (χ4v) is 3.02. The topological polar surface area (TPSA) is 68.7 Å². The third kappa shape index (κ3) is 1.59. The van der Waals surface area contributed by atoms with Gasteiger partial charge in [-0.25, -0.2) is 14.4 Å². The van der Waals surface area contributed by atoms with E-state index in [1.54, 1.807) is 48.7 Å². The Kier molecular flexibility index (Phi) is 2.42. The van der Waals surface area contributed by atoms with Gasteiger partial charge >= 0.3 is 0 Å². The molecule has 6 heteroatoms. The molecule has 0 amide bonds.